The molecule has 0 fully saturated rings. The normalized spacial score (nSPS) is 13.2. The van der Waals surface area contributed by atoms with Crippen molar-refractivity contribution in [1.82, 2.24) is 0 Å². The summed E-state index contributed by atoms with van der Waals surface area (Å²) in [6.07, 6.45) is 2.10. The zero-order valence-electron chi connectivity index (χ0n) is 5.73. The summed E-state index contributed by atoms with van der Waals surface area (Å²) in [6, 6.07) is -1.02. The highest BCUT2D eigenvalue weighted by molar-refractivity contribution is 5.80. The maximum absolute atomic E-state index is 10.1. The average Bonchev–Trinajstić information content (AvgIpc) is 1.86. The van der Waals surface area contributed by atoms with E-state index in [1.54, 1.807) is 0 Å². The van der Waals surface area contributed by atoms with Gasteiger partial charge in [0.25, 0.3) is 0 Å². The van der Waals surface area contributed by atoms with Crippen LogP contribution in [-0.4, -0.2) is 28.2 Å². The van der Waals surface area contributed by atoms with E-state index in [4.69, 9.17) is 15.9 Å². The van der Waals surface area contributed by atoms with Gasteiger partial charge in [-0.3, -0.25) is 4.79 Å². The summed E-state index contributed by atoms with van der Waals surface area (Å²) in [7, 11) is 0. The fourth-order valence-electron chi connectivity index (χ4n) is 0.416. The summed E-state index contributed by atoms with van der Waals surface area (Å²) < 4.78 is 0. The molecule has 1 atom stereocenters. The first kappa shape index (κ1) is 9.64. The van der Waals surface area contributed by atoms with Crippen LogP contribution in [0.5, 0.6) is 0 Å². The standard InChI is InChI=1S/C6H9NO4/c7-4(6(10)11)2-1-3-5(8)9/h1,3-4H,2,7H2,(H,8,9)(H,10,11)/b3-1+/t4-/m1/s1. The summed E-state index contributed by atoms with van der Waals surface area (Å²) in [5.41, 5.74) is 5.06. The van der Waals surface area contributed by atoms with Gasteiger partial charge in [-0.15, -0.1) is 0 Å². The lowest BCUT2D eigenvalue weighted by molar-refractivity contribution is -0.138. The smallest absolute Gasteiger partial charge is 0.327 e. The topological polar surface area (TPSA) is 101 Å². The minimum Gasteiger partial charge on any atom is -0.480 e. The van der Waals surface area contributed by atoms with Crippen molar-refractivity contribution in [3.05, 3.63) is 12.2 Å². The van der Waals surface area contributed by atoms with Crippen molar-refractivity contribution >= 4 is 11.9 Å². The Morgan fingerprint density at radius 2 is 2.00 bits per heavy atom. The molecule has 0 radical (unpaired) electrons. The Morgan fingerprint density at radius 3 is 2.36 bits per heavy atom. The number of hydrogen-bond donors (Lipinski definition) is 3. The maximum atomic E-state index is 10.1. The Hall–Kier alpha value is -1.36. The molecular formula is C6H9NO4. The average molecular weight is 159 g/mol. The molecular weight excluding hydrogens is 150 g/mol. The number of carbonyl (C=O) groups is 2. The van der Waals surface area contributed by atoms with Crippen LogP contribution in [0.15, 0.2) is 12.2 Å². The summed E-state index contributed by atoms with van der Waals surface area (Å²) in [5.74, 6) is -2.25. The Balaban J connectivity index is 3.70. The van der Waals surface area contributed by atoms with Gasteiger partial charge in [0, 0.05) is 6.08 Å². The zero-order valence-corrected chi connectivity index (χ0v) is 5.73. The molecule has 0 aromatic carbocycles. The predicted octanol–water partition coefficient (Wildman–Crippen LogP) is -0.571. The lowest BCUT2D eigenvalue weighted by Crippen LogP contribution is -2.29. The Labute approximate surface area is 63.1 Å². The van der Waals surface area contributed by atoms with Crippen molar-refractivity contribution in [3.63, 3.8) is 0 Å². The van der Waals surface area contributed by atoms with Gasteiger partial charge in [0.05, 0.1) is 0 Å². The highest BCUT2D eigenvalue weighted by Crippen LogP contribution is 1.89. The lowest BCUT2D eigenvalue weighted by Gasteiger charge is -1.99. The largest absolute Gasteiger partial charge is 0.480 e. The number of carboxylic acid groups (broad SMARTS) is 2. The van der Waals surface area contributed by atoms with Crippen LogP contribution in [-0.2, 0) is 9.59 Å². The minimum absolute atomic E-state index is 0.0294. The number of carboxylic acids is 2. The highest BCUT2D eigenvalue weighted by Gasteiger charge is 2.07. The van der Waals surface area contributed by atoms with E-state index in [2.05, 4.69) is 0 Å². The third kappa shape index (κ3) is 5.10. The molecule has 0 aromatic heterocycles. The van der Waals surface area contributed by atoms with Crippen LogP contribution in [0.3, 0.4) is 0 Å². The molecule has 0 heterocycles. The van der Waals surface area contributed by atoms with Crippen LogP contribution in [0.2, 0.25) is 0 Å². The van der Waals surface area contributed by atoms with Gasteiger partial charge in [-0.1, -0.05) is 6.08 Å². The summed E-state index contributed by atoms with van der Waals surface area (Å²) in [4.78, 5) is 19.9. The molecule has 5 nitrogen and oxygen atoms in total. The fourth-order valence-corrected chi connectivity index (χ4v) is 0.416. The summed E-state index contributed by atoms with van der Waals surface area (Å²) >= 11 is 0. The SMILES string of the molecule is N[C@H](C/C=C/C(=O)O)C(=O)O. The van der Waals surface area contributed by atoms with Gasteiger partial charge in [-0.05, 0) is 6.42 Å². The highest BCUT2D eigenvalue weighted by atomic mass is 16.4. The second-order valence-corrected chi connectivity index (χ2v) is 1.92. The van der Waals surface area contributed by atoms with Crippen molar-refractivity contribution in [2.75, 3.05) is 0 Å². The molecule has 0 aliphatic heterocycles. The summed E-state index contributed by atoms with van der Waals surface area (Å²) in [6.45, 7) is 0. The van der Waals surface area contributed by atoms with E-state index in [1.807, 2.05) is 0 Å². The molecule has 0 unspecified atom stereocenters. The molecule has 5 heteroatoms. The van der Waals surface area contributed by atoms with Crippen LogP contribution < -0.4 is 5.73 Å². The van der Waals surface area contributed by atoms with Crippen molar-refractivity contribution in [1.29, 1.82) is 0 Å². The van der Waals surface area contributed by atoms with Gasteiger partial charge in [0.15, 0.2) is 0 Å². The van der Waals surface area contributed by atoms with E-state index in [-0.39, 0.29) is 6.42 Å². The molecule has 0 bridgehead atoms. The number of hydrogen-bond acceptors (Lipinski definition) is 3. The van der Waals surface area contributed by atoms with Gasteiger partial charge in [-0.25, -0.2) is 4.79 Å². The van der Waals surface area contributed by atoms with Crippen LogP contribution in [0.4, 0.5) is 0 Å². The van der Waals surface area contributed by atoms with Gasteiger partial charge >= 0.3 is 11.9 Å². The van der Waals surface area contributed by atoms with Crippen LogP contribution >= 0.6 is 0 Å². The molecule has 0 aromatic rings. The van der Waals surface area contributed by atoms with Gasteiger partial charge in [0.2, 0.25) is 0 Å². The van der Waals surface area contributed by atoms with E-state index in [9.17, 15) is 9.59 Å². The monoisotopic (exact) mass is 159 g/mol. The van der Waals surface area contributed by atoms with E-state index < -0.39 is 18.0 Å². The second kappa shape index (κ2) is 4.45. The van der Waals surface area contributed by atoms with Crippen molar-refractivity contribution in [3.8, 4) is 0 Å². The van der Waals surface area contributed by atoms with E-state index in [0.29, 0.717) is 0 Å². The van der Waals surface area contributed by atoms with Crippen LogP contribution in [0.25, 0.3) is 0 Å². The molecule has 0 rings (SSSR count). The van der Waals surface area contributed by atoms with Gasteiger partial charge in [0.1, 0.15) is 6.04 Å². The maximum Gasteiger partial charge on any atom is 0.327 e. The van der Waals surface area contributed by atoms with Gasteiger partial charge in [-0.2, -0.15) is 0 Å². The Bertz CT molecular complexity index is 187. The molecule has 0 aliphatic rings. The van der Waals surface area contributed by atoms with E-state index in [0.717, 1.165) is 6.08 Å². The lowest BCUT2D eigenvalue weighted by atomic mass is 10.2. The number of nitrogens with two attached hydrogens (primary N) is 1. The second-order valence-electron chi connectivity index (χ2n) is 1.92. The molecule has 4 N–H and O–H groups in total. The first-order chi connectivity index (χ1) is 5.04. The molecule has 0 saturated heterocycles. The Morgan fingerprint density at radius 1 is 1.45 bits per heavy atom. The van der Waals surface area contributed by atoms with Crippen LogP contribution in [0.1, 0.15) is 6.42 Å². The molecule has 0 amide bonds. The number of rotatable bonds is 4. The minimum atomic E-state index is -1.14. The Kier molecular flexibility index (Phi) is 3.90. The van der Waals surface area contributed by atoms with Crippen molar-refractivity contribution < 1.29 is 19.8 Å². The number of aliphatic carboxylic acids is 2. The molecule has 11 heavy (non-hydrogen) atoms. The molecule has 62 valence electrons. The molecule has 0 aliphatic carbocycles. The van der Waals surface area contributed by atoms with Gasteiger partial charge < -0.3 is 15.9 Å². The van der Waals surface area contributed by atoms with E-state index in [1.165, 1.54) is 6.08 Å². The quantitative estimate of drug-likeness (QED) is 0.477. The zero-order chi connectivity index (χ0) is 8.85. The molecule has 0 spiro atoms. The van der Waals surface area contributed by atoms with Crippen LogP contribution in [0, 0.1) is 0 Å². The fraction of sp³-hybridized carbons (Fsp3) is 0.333. The summed E-state index contributed by atoms with van der Waals surface area (Å²) in [5, 5.41) is 16.3. The van der Waals surface area contributed by atoms with E-state index >= 15 is 0 Å². The van der Waals surface area contributed by atoms with Crippen molar-refractivity contribution in [2.24, 2.45) is 5.73 Å². The third-order valence-corrected chi connectivity index (χ3v) is 0.968. The first-order valence-electron chi connectivity index (χ1n) is 2.92. The first-order valence-corrected chi connectivity index (χ1v) is 2.92. The predicted molar refractivity (Wildman–Crippen MR) is 37.0 cm³/mol. The molecule has 0 saturated carbocycles. The van der Waals surface area contributed by atoms with Crippen molar-refractivity contribution in [2.45, 2.75) is 12.5 Å². The third-order valence-electron chi connectivity index (χ3n) is 0.968.